The number of ketones is 1. The molecule has 0 saturated heterocycles. The molecule has 0 spiro atoms. The topological polar surface area (TPSA) is 86.6 Å². The minimum atomic E-state index is -0.582. The second kappa shape index (κ2) is 8.80. The normalized spacial score (nSPS) is 10.5. The van der Waals surface area contributed by atoms with Gasteiger partial charge in [-0.15, -0.1) is 0 Å². The van der Waals surface area contributed by atoms with Crippen LogP contribution in [-0.2, 0) is 0 Å². The molecule has 0 aliphatic carbocycles. The zero-order valence-electron chi connectivity index (χ0n) is 14.0. The van der Waals surface area contributed by atoms with E-state index in [0.717, 1.165) is 11.8 Å². The Balaban J connectivity index is 1.89. The van der Waals surface area contributed by atoms with Crippen molar-refractivity contribution in [2.24, 2.45) is 0 Å². The Labute approximate surface area is 179 Å². The molecule has 1 aromatic heterocycles. The summed E-state index contributed by atoms with van der Waals surface area (Å²) >= 11 is 18.8. The number of aromatic nitrogens is 2. The number of nitrogens with zero attached hydrogens (tertiary/aromatic N) is 2. The van der Waals surface area contributed by atoms with Crippen LogP contribution in [0.5, 0.6) is 0 Å². The molecule has 0 unspecified atom stereocenters. The Morgan fingerprint density at radius 3 is 2.43 bits per heavy atom. The van der Waals surface area contributed by atoms with Crippen molar-refractivity contribution < 1.29 is 4.79 Å². The number of nitriles is 1. The number of rotatable bonds is 5. The molecule has 2 aromatic carbocycles. The summed E-state index contributed by atoms with van der Waals surface area (Å²) in [5, 5.41) is 10.7. The summed E-state index contributed by atoms with van der Waals surface area (Å²) in [6.07, 6.45) is 0. The molecular weight excluding hydrogens is 441 g/mol. The van der Waals surface area contributed by atoms with Gasteiger partial charge in [-0.3, -0.25) is 9.59 Å². The maximum atomic E-state index is 12.4. The van der Waals surface area contributed by atoms with E-state index >= 15 is 0 Å². The molecular formula is C19H10Cl3N3O2S. The fourth-order valence-corrected chi connectivity index (χ4v) is 3.75. The van der Waals surface area contributed by atoms with Gasteiger partial charge in [-0.25, -0.2) is 4.98 Å². The summed E-state index contributed by atoms with van der Waals surface area (Å²) in [7, 11) is 0. The monoisotopic (exact) mass is 449 g/mol. The molecule has 3 aromatic rings. The van der Waals surface area contributed by atoms with Gasteiger partial charge in [0.1, 0.15) is 11.6 Å². The third-order valence-corrected chi connectivity index (χ3v) is 5.37. The molecule has 0 bridgehead atoms. The zero-order valence-corrected chi connectivity index (χ0v) is 17.1. The van der Waals surface area contributed by atoms with Gasteiger partial charge in [-0.05, 0) is 30.3 Å². The largest absolute Gasteiger partial charge is 0.300 e. The number of H-pyrrole nitrogens is 1. The highest BCUT2D eigenvalue weighted by molar-refractivity contribution is 7.99. The molecule has 1 heterocycles. The van der Waals surface area contributed by atoms with Crippen molar-refractivity contribution >= 4 is 52.3 Å². The third kappa shape index (κ3) is 4.57. The standard InChI is InChI=1S/C19H10Cl3N3O2S/c20-11-3-1-10(2-4-11)17-14(8-23)18(27)25-19(24-17)28-9-16(26)13-6-5-12(21)7-15(13)22/h1-7H,9H2,(H,24,25,27). The maximum absolute atomic E-state index is 12.4. The first-order valence-electron chi connectivity index (χ1n) is 7.80. The van der Waals surface area contributed by atoms with Gasteiger partial charge in [0, 0.05) is 21.2 Å². The zero-order chi connectivity index (χ0) is 20.3. The highest BCUT2D eigenvalue weighted by Crippen LogP contribution is 2.26. The minimum absolute atomic E-state index is 0.00372. The molecule has 5 nitrogen and oxygen atoms in total. The van der Waals surface area contributed by atoms with E-state index in [4.69, 9.17) is 34.8 Å². The summed E-state index contributed by atoms with van der Waals surface area (Å²) in [6, 6.07) is 13.1. The van der Waals surface area contributed by atoms with Crippen molar-refractivity contribution in [2.45, 2.75) is 5.16 Å². The molecule has 0 fully saturated rings. The molecule has 0 aliphatic rings. The lowest BCUT2D eigenvalue weighted by Gasteiger charge is -2.07. The van der Waals surface area contributed by atoms with Crippen LogP contribution in [0.15, 0.2) is 52.4 Å². The third-order valence-electron chi connectivity index (χ3n) is 3.70. The fraction of sp³-hybridized carbons (Fsp3) is 0.0526. The lowest BCUT2D eigenvalue weighted by atomic mass is 10.1. The Kier molecular flexibility index (Phi) is 6.42. The highest BCUT2D eigenvalue weighted by Gasteiger charge is 2.16. The Bertz CT molecular complexity index is 1150. The summed E-state index contributed by atoms with van der Waals surface area (Å²) in [5.74, 6) is -0.247. The van der Waals surface area contributed by atoms with Crippen LogP contribution in [0.4, 0.5) is 0 Å². The molecule has 0 radical (unpaired) electrons. The molecule has 0 atom stereocenters. The van der Waals surface area contributed by atoms with Crippen molar-refractivity contribution in [2.75, 3.05) is 5.75 Å². The van der Waals surface area contributed by atoms with E-state index in [-0.39, 0.29) is 33.0 Å². The number of carbonyl (C=O) groups excluding carboxylic acids is 1. The number of aromatic amines is 1. The molecule has 1 N–H and O–H groups in total. The lowest BCUT2D eigenvalue weighted by molar-refractivity contribution is 0.102. The number of hydrogen-bond donors (Lipinski definition) is 1. The molecule has 140 valence electrons. The van der Waals surface area contributed by atoms with Crippen molar-refractivity contribution in [3.8, 4) is 17.3 Å². The molecule has 3 rings (SSSR count). The van der Waals surface area contributed by atoms with Gasteiger partial charge in [0.15, 0.2) is 10.9 Å². The van der Waals surface area contributed by atoms with E-state index in [9.17, 15) is 14.9 Å². The van der Waals surface area contributed by atoms with Crippen molar-refractivity contribution in [1.82, 2.24) is 9.97 Å². The first-order chi connectivity index (χ1) is 13.4. The Hall–Kier alpha value is -2.30. The number of Topliss-reactive ketones (excluding diaryl/α,β-unsaturated/α-hetero) is 1. The van der Waals surface area contributed by atoms with Crippen molar-refractivity contribution in [1.29, 1.82) is 5.26 Å². The van der Waals surface area contributed by atoms with Gasteiger partial charge < -0.3 is 4.98 Å². The Morgan fingerprint density at radius 1 is 1.11 bits per heavy atom. The van der Waals surface area contributed by atoms with Gasteiger partial charge in [-0.2, -0.15) is 5.26 Å². The first-order valence-corrected chi connectivity index (χ1v) is 9.92. The van der Waals surface area contributed by atoms with Crippen LogP contribution in [0.25, 0.3) is 11.3 Å². The molecule has 9 heteroatoms. The smallest absolute Gasteiger partial charge is 0.270 e. The summed E-state index contributed by atoms with van der Waals surface area (Å²) < 4.78 is 0. The van der Waals surface area contributed by atoms with E-state index in [0.29, 0.717) is 21.2 Å². The van der Waals surface area contributed by atoms with Gasteiger partial charge in [-0.1, -0.05) is 58.7 Å². The predicted molar refractivity (Wildman–Crippen MR) is 112 cm³/mol. The van der Waals surface area contributed by atoms with E-state index in [1.54, 1.807) is 36.4 Å². The van der Waals surface area contributed by atoms with Crippen LogP contribution in [0.3, 0.4) is 0 Å². The van der Waals surface area contributed by atoms with Crippen LogP contribution in [-0.4, -0.2) is 21.5 Å². The van der Waals surface area contributed by atoms with Crippen LogP contribution < -0.4 is 5.56 Å². The maximum Gasteiger partial charge on any atom is 0.270 e. The average Bonchev–Trinajstić information content (AvgIpc) is 2.66. The second-order valence-electron chi connectivity index (χ2n) is 5.55. The molecule has 0 saturated carbocycles. The average molecular weight is 451 g/mol. The summed E-state index contributed by atoms with van der Waals surface area (Å²) in [6.45, 7) is 0. The van der Waals surface area contributed by atoms with Gasteiger partial charge in [0.25, 0.3) is 5.56 Å². The number of hydrogen-bond acceptors (Lipinski definition) is 5. The van der Waals surface area contributed by atoms with Crippen molar-refractivity contribution in [3.63, 3.8) is 0 Å². The van der Waals surface area contributed by atoms with Crippen LogP contribution in [0, 0.1) is 11.3 Å². The van der Waals surface area contributed by atoms with Crippen LogP contribution >= 0.6 is 46.6 Å². The Morgan fingerprint density at radius 2 is 1.79 bits per heavy atom. The SMILES string of the molecule is N#Cc1c(-c2ccc(Cl)cc2)nc(SCC(=O)c2ccc(Cl)cc2Cl)[nH]c1=O. The van der Waals surface area contributed by atoms with E-state index in [1.165, 1.54) is 6.07 Å². The number of thioether (sulfide) groups is 1. The van der Waals surface area contributed by atoms with E-state index in [1.807, 2.05) is 6.07 Å². The number of nitrogens with one attached hydrogen (secondary N) is 1. The number of halogens is 3. The van der Waals surface area contributed by atoms with E-state index in [2.05, 4.69) is 9.97 Å². The quantitative estimate of drug-likeness (QED) is 0.326. The van der Waals surface area contributed by atoms with Gasteiger partial charge in [0.2, 0.25) is 0 Å². The number of benzene rings is 2. The molecule has 28 heavy (non-hydrogen) atoms. The van der Waals surface area contributed by atoms with Gasteiger partial charge >= 0.3 is 0 Å². The summed E-state index contributed by atoms with van der Waals surface area (Å²) in [4.78, 5) is 31.5. The molecule has 0 aliphatic heterocycles. The van der Waals surface area contributed by atoms with Crippen molar-refractivity contribution in [3.05, 3.63) is 79.0 Å². The first kappa shape index (κ1) is 20.4. The lowest BCUT2D eigenvalue weighted by Crippen LogP contribution is -2.15. The fourth-order valence-electron chi connectivity index (χ4n) is 2.37. The van der Waals surface area contributed by atoms with E-state index < -0.39 is 5.56 Å². The summed E-state index contributed by atoms with van der Waals surface area (Å²) in [5.41, 5.74) is 0.427. The highest BCUT2D eigenvalue weighted by atomic mass is 35.5. The van der Waals surface area contributed by atoms with Crippen LogP contribution in [0.2, 0.25) is 15.1 Å². The predicted octanol–water partition coefficient (Wildman–Crippen LogP) is 5.24. The second-order valence-corrected chi connectivity index (χ2v) is 7.79. The number of carbonyl (C=O) groups is 1. The van der Waals surface area contributed by atoms with Crippen LogP contribution in [0.1, 0.15) is 15.9 Å². The minimum Gasteiger partial charge on any atom is -0.300 e. The van der Waals surface area contributed by atoms with Gasteiger partial charge in [0.05, 0.1) is 16.5 Å². The molecule has 0 amide bonds.